The molecular formula is C18H33IN8O. The molecule has 1 aromatic heterocycles. The van der Waals surface area contributed by atoms with Crippen LogP contribution in [0.2, 0.25) is 0 Å². The summed E-state index contributed by atoms with van der Waals surface area (Å²) in [6.07, 6.45) is 3.38. The van der Waals surface area contributed by atoms with Gasteiger partial charge >= 0.3 is 0 Å². The van der Waals surface area contributed by atoms with Crippen LogP contribution in [0.5, 0.6) is 0 Å². The van der Waals surface area contributed by atoms with Crippen molar-refractivity contribution in [2.24, 2.45) is 10.7 Å². The summed E-state index contributed by atoms with van der Waals surface area (Å²) in [5.74, 6) is 2.63. The molecular weight excluding hydrogens is 471 g/mol. The zero-order valence-electron chi connectivity index (χ0n) is 17.1. The van der Waals surface area contributed by atoms with Gasteiger partial charge in [-0.25, -0.2) is 4.99 Å². The molecule has 3 rings (SSSR count). The molecule has 1 saturated heterocycles. The second kappa shape index (κ2) is 9.86. The fourth-order valence-electron chi connectivity index (χ4n) is 3.69. The Balaban J connectivity index is 0.00000280. The highest BCUT2D eigenvalue weighted by atomic mass is 127. The number of hydrogen-bond donors (Lipinski definition) is 2. The van der Waals surface area contributed by atoms with Gasteiger partial charge in [-0.1, -0.05) is 0 Å². The first-order valence-electron chi connectivity index (χ1n) is 9.92. The first-order valence-corrected chi connectivity index (χ1v) is 9.92. The third-order valence-electron chi connectivity index (χ3n) is 5.61. The number of aliphatic imine (C=N–C) groups is 1. The van der Waals surface area contributed by atoms with E-state index < -0.39 is 5.54 Å². The number of nitrogens with two attached hydrogens (primary N) is 1. The summed E-state index contributed by atoms with van der Waals surface area (Å²) in [5, 5.41) is 12.0. The number of carbonyl (C=O) groups excluding carboxylic acids is 1. The summed E-state index contributed by atoms with van der Waals surface area (Å²) in [4.78, 5) is 20.9. The summed E-state index contributed by atoms with van der Waals surface area (Å²) in [6.45, 7) is 11.3. The fourth-order valence-corrected chi connectivity index (χ4v) is 3.69. The van der Waals surface area contributed by atoms with Crippen LogP contribution in [-0.4, -0.2) is 74.7 Å². The smallest absolute Gasteiger partial charge is 0.237 e. The van der Waals surface area contributed by atoms with Gasteiger partial charge in [0, 0.05) is 45.7 Å². The van der Waals surface area contributed by atoms with Gasteiger partial charge in [-0.05, 0) is 33.6 Å². The lowest BCUT2D eigenvalue weighted by Gasteiger charge is -2.43. The summed E-state index contributed by atoms with van der Waals surface area (Å²) in [6, 6.07) is 0. The Bertz CT molecular complexity index is 694. The average Bonchev–Trinajstić information content (AvgIpc) is 3.08. The van der Waals surface area contributed by atoms with E-state index in [1.54, 1.807) is 0 Å². The van der Waals surface area contributed by atoms with E-state index in [1.165, 1.54) is 12.8 Å². The molecule has 9 nitrogen and oxygen atoms in total. The van der Waals surface area contributed by atoms with Gasteiger partial charge in [-0.3, -0.25) is 9.69 Å². The topological polar surface area (TPSA) is 105 Å². The van der Waals surface area contributed by atoms with E-state index in [4.69, 9.17) is 10.7 Å². The Hall–Kier alpha value is -1.43. The van der Waals surface area contributed by atoms with Crippen molar-refractivity contribution in [1.82, 2.24) is 29.9 Å². The second-order valence-electron chi connectivity index (χ2n) is 7.71. The van der Waals surface area contributed by atoms with Gasteiger partial charge in [0.2, 0.25) is 5.91 Å². The molecule has 2 aliphatic rings. The lowest BCUT2D eigenvalue weighted by molar-refractivity contribution is -0.129. The van der Waals surface area contributed by atoms with E-state index in [0.29, 0.717) is 6.54 Å². The zero-order valence-corrected chi connectivity index (χ0v) is 19.5. The van der Waals surface area contributed by atoms with E-state index >= 15 is 0 Å². The molecule has 1 amide bonds. The van der Waals surface area contributed by atoms with Crippen LogP contribution in [0.15, 0.2) is 4.99 Å². The quantitative estimate of drug-likeness (QED) is 0.346. The maximum absolute atomic E-state index is 11.7. The molecule has 0 spiro atoms. The summed E-state index contributed by atoms with van der Waals surface area (Å²) >= 11 is 0. The molecule has 3 N–H and O–H groups in total. The number of halogens is 1. The van der Waals surface area contributed by atoms with Crippen LogP contribution < -0.4 is 11.1 Å². The van der Waals surface area contributed by atoms with Gasteiger partial charge in [0.25, 0.3) is 0 Å². The van der Waals surface area contributed by atoms with Crippen molar-refractivity contribution >= 4 is 35.8 Å². The third kappa shape index (κ3) is 4.94. The molecule has 0 unspecified atom stereocenters. The van der Waals surface area contributed by atoms with Crippen LogP contribution in [0.25, 0.3) is 0 Å². The average molecular weight is 504 g/mol. The van der Waals surface area contributed by atoms with Crippen LogP contribution >= 0.6 is 24.0 Å². The van der Waals surface area contributed by atoms with Crippen molar-refractivity contribution < 1.29 is 4.79 Å². The molecule has 0 aliphatic carbocycles. The molecule has 10 heteroatoms. The van der Waals surface area contributed by atoms with Crippen LogP contribution in [0.1, 0.15) is 45.3 Å². The highest BCUT2D eigenvalue weighted by molar-refractivity contribution is 14.0. The van der Waals surface area contributed by atoms with Crippen LogP contribution in [0, 0.1) is 0 Å². The van der Waals surface area contributed by atoms with Gasteiger partial charge in [0.1, 0.15) is 12.4 Å². The minimum Gasteiger partial charge on any atom is -0.368 e. The molecule has 3 heterocycles. The molecule has 0 bridgehead atoms. The second-order valence-corrected chi connectivity index (χ2v) is 7.71. The Morgan fingerprint density at radius 1 is 1.18 bits per heavy atom. The standard InChI is InChI=1S/C18H32N8O.HI/c1-4-20-17(21-13-15-23-22-14-7-5-6-8-26(14)15)24-9-11-25(12-10-24)18(2,3)16(19)27;/h4-13H2,1-3H3,(H2,19,27)(H,20,21);1H. The number of nitrogens with one attached hydrogen (secondary N) is 1. The number of hydrogen-bond acceptors (Lipinski definition) is 5. The summed E-state index contributed by atoms with van der Waals surface area (Å²) in [7, 11) is 0. The highest BCUT2D eigenvalue weighted by Crippen LogP contribution is 2.17. The first kappa shape index (κ1) is 22.9. The number of fused-ring (bicyclic) bond motifs is 1. The molecule has 0 saturated carbocycles. The molecule has 0 aromatic carbocycles. The Morgan fingerprint density at radius 3 is 2.54 bits per heavy atom. The molecule has 0 radical (unpaired) electrons. The lowest BCUT2D eigenvalue weighted by atomic mass is 10.0. The zero-order chi connectivity index (χ0) is 19.4. The molecule has 158 valence electrons. The lowest BCUT2D eigenvalue weighted by Crippen LogP contribution is -2.61. The van der Waals surface area contributed by atoms with Gasteiger partial charge in [-0.2, -0.15) is 0 Å². The minimum absolute atomic E-state index is 0. The molecule has 0 atom stereocenters. The van der Waals surface area contributed by atoms with Crippen LogP contribution in [-0.2, 0) is 24.3 Å². The monoisotopic (exact) mass is 504 g/mol. The summed E-state index contributed by atoms with van der Waals surface area (Å²) < 4.78 is 2.21. The van der Waals surface area contributed by atoms with Gasteiger partial charge < -0.3 is 20.5 Å². The first-order chi connectivity index (χ1) is 12.9. The van der Waals surface area contributed by atoms with E-state index in [2.05, 4.69) is 36.8 Å². The molecule has 1 fully saturated rings. The van der Waals surface area contributed by atoms with E-state index in [9.17, 15) is 4.79 Å². The number of carbonyl (C=O) groups is 1. The normalized spacial score (nSPS) is 18.4. The van der Waals surface area contributed by atoms with Gasteiger partial charge in [0.05, 0.1) is 5.54 Å². The van der Waals surface area contributed by atoms with Crippen LogP contribution in [0.4, 0.5) is 0 Å². The third-order valence-corrected chi connectivity index (χ3v) is 5.61. The number of aryl methyl sites for hydroxylation is 1. The van der Waals surface area contributed by atoms with Crippen molar-refractivity contribution in [3.8, 4) is 0 Å². The number of aromatic nitrogens is 3. The Labute approximate surface area is 184 Å². The van der Waals surface area contributed by atoms with Crippen LogP contribution in [0.3, 0.4) is 0 Å². The molecule has 28 heavy (non-hydrogen) atoms. The van der Waals surface area contributed by atoms with E-state index in [1.807, 2.05) is 13.8 Å². The molecule has 2 aliphatic heterocycles. The predicted molar refractivity (Wildman–Crippen MR) is 120 cm³/mol. The maximum atomic E-state index is 11.7. The highest BCUT2D eigenvalue weighted by Gasteiger charge is 2.35. The Kier molecular flexibility index (Phi) is 8.05. The molecule has 1 aromatic rings. The SMILES string of the molecule is CCNC(=NCc1nnc2n1CCCC2)N1CCN(C(C)(C)C(N)=O)CC1.I. The van der Waals surface area contributed by atoms with Crippen molar-refractivity contribution in [2.45, 2.75) is 58.7 Å². The summed E-state index contributed by atoms with van der Waals surface area (Å²) in [5.41, 5.74) is 4.93. The predicted octanol–water partition coefficient (Wildman–Crippen LogP) is 0.579. The largest absolute Gasteiger partial charge is 0.368 e. The van der Waals surface area contributed by atoms with Gasteiger partial charge in [0.15, 0.2) is 11.8 Å². The number of piperazine rings is 1. The van der Waals surface area contributed by atoms with Gasteiger partial charge in [-0.15, -0.1) is 34.2 Å². The van der Waals surface area contributed by atoms with E-state index in [-0.39, 0.29) is 29.9 Å². The minimum atomic E-state index is -0.623. The number of primary amides is 1. The maximum Gasteiger partial charge on any atom is 0.237 e. The van der Waals surface area contributed by atoms with Crippen molar-refractivity contribution in [3.63, 3.8) is 0 Å². The van der Waals surface area contributed by atoms with Crippen molar-refractivity contribution in [3.05, 3.63) is 11.6 Å². The number of rotatable bonds is 5. The Morgan fingerprint density at radius 2 is 1.89 bits per heavy atom. The number of nitrogens with zero attached hydrogens (tertiary/aromatic N) is 6. The van der Waals surface area contributed by atoms with Crippen molar-refractivity contribution in [1.29, 1.82) is 0 Å². The van der Waals surface area contributed by atoms with E-state index in [0.717, 1.165) is 63.3 Å². The van der Waals surface area contributed by atoms with Crippen molar-refractivity contribution in [2.75, 3.05) is 32.7 Å². The number of guanidine groups is 1. The number of amides is 1. The fraction of sp³-hybridized carbons (Fsp3) is 0.778.